The smallest absolute Gasteiger partial charge is 0.304 e. The highest BCUT2D eigenvalue weighted by molar-refractivity contribution is 7.92. The Morgan fingerprint density at radius 3 is 2.26 bits per heavy atom. The topological polar surface area (TPSA) is 250 Å². The predicted octanol–water partition coefficient (Wildman–Crippen LogP) is 8.41. The van der Waals surface area contributed by atoms with Gasteiger partial charge in [-0.25, -0.2) is 26.5 Å². The molecule has 82 heavy (non-hydrogen) atoms. The number of sulfone groups is 1. The fourth-order valence-corrected chi connectivity index (χ4v) is 11.9. The zero-order valence-electron chi connectivity index (χ0n) is 46.7. The average molecular weight is 1180 g/mol. The van der Waals surface area contributed by atoms with Crippen molar-refractivity contribution in [3.63, 3.8) is 0 Å². The second-order valence-electron chi connectivity index (χ2n) is 20.1. The van der Waals surface area contributed by atoms with Crippen LogP contribution in [0.4, 0.5) is 28.8 Å². The van der Waals surface area contributed by atoms with Crippen LogP contribution in [0.1, 0.15) is 61.3 Å². The van der Waals surface area contributed by atoms with E-state index in [0.29, 0.717) is 85.2 Å². The van der Waals surface area contributed by atoms with E-state index in [-0.39, 0.29) is 51.9 Å². The van der Waals surface area contributed by atoms with Gasteiger partial charge >= 0.3 is 5.97 Å². The molecule has 1 unspecified atom stereocenters. The van der Waals surface area contributed by atoms with Gasteiger partial charge < -0.3 is 39.6 Å². The number of halogens is 1. The molecular weight excluding hydrogens is 1110 g/mol. The molecule has 3 heterocycles. The number of para-hydroxylation sites is 1. The molecule has 0 radical (unpaired) electrons. The third-order valence-electron chi connectivity index (χ3n) is 14.1. The van der Waals surface area contributed by atoms with Crippen LogP contribution in [0.5, 0.6) is 11.5 Å². The maximum absolute atomic E-state index is 13.8. The minimum atomic E-state index is -3.92. The van der Waals surface area contributed by atoms with E-state index in [1.54, 1.807) is 68.0 Å². The second kappa shape index (κ2) is 27.7. The number of rotatable bonds is 29. The van der Waals surface area contributed by atoms with Crippen LogP contribution in [0.15, 0.2) is 119 Å². The maximum atomic E-state index is 13.8. The number of benzene rings is 5. The quantitative estimate of drug-likeness (QED) is 0.0372. The molecule has 0 amide bonds. The second-order valence-corrected chi connectivity index (χ2v) is 25.1. The number of nitrogens with zero attached hydrogens (tertiary/aromatic N) is 8. The Bertz CT molecular complexity index is 3560. The van der Waals surface area contributed by atoms with Crippen LogP contribution in [-0.2, 0) is 52.5 Å². The van der Waals surface area contributed by atoms with Crippen LogP contribution >= 0.6 is 11.6 Å². The Balaban J connectivity index is 0.691. The lowest BCUT2D eigenvalue weighted by Gasteiger charge is -2.35. The van der Waals surface area contributed by atoms with Gasteiger partial charge in [-0.15, -0.1) is 5.10 Å². The van der Waals surface area contributed by atoms with Gasteiger partial charge in [-0.2, -0.15) is 9.29 Å². The predicted molar refractivity (Wildman–Crippen MR) is 314 cm³/mol. The van der Waals surface area contributed by atoms with Crippen LogP contribution < -0.4 is 25.0 Å². The van der Waals surface area contributed by atoms with E-state index in [4.69, 9.17) is 30.5 Å². The molecule has 0 aliphatic carbocycles. The monoisotopic (exact) mass is 1180 g/mol. The van der Waals surface area contributed by atoms with E-state index >= 15 is 0 Å². The molecular formula is C58H69ClN10O11S2. The number of carboxylic acid groups (broad SMARTS) is 1. The first-order valence-corrected chi connectivity index (χ1v) is 30.2. The number of fused-ring (bicyclic) bond motifs is 1. The van der Waals surface area contributed by atoms with Crippen LogP contribution in [-0.4, -0.2) is 153 Å². The molecule has 21 nitrogen and oxygen atoms in total. The number of methoxy groups -OCH3 is 1. The lowest BCUT2D eigenvalue weighted by molar-refractivity contribution is -0.137. The number of sulfonamides is 1. The highest BCUT2D eigenvalue weighted by Crippen LogP contribution is 2.36. The molecule has 1 fully saturated rings. The fourth-order valence-electron chi connectivity index (χ4n) is 9.43. The maximum Gasteiger partial charge on any atom is 0.304 e. The Morgan fingerprint density at radius 2 is 1.55 bits per heavy atom. The molecule has 5 aromatic carbocycles. The van der Waals surface area contributed by atoms with Crippen molar-refractivity contribution in [3.05, 3.63) is 137 Å². The molecule has 7 aromatic rings. The molecule has 0 bridgehead atoms. The number of nitrogens with one attached hydrogen (secondary N) is 2. The number of Topliss-reactive ketones (excluding diaryl/α,β-unsaturated/α-hetero) is 1. The molecule has 1 aliphatic rings. The Morgan fingerprint density at radius 1 is 0.841 bits per heavy atom. The third-order valence-corrected chi connectivity index (χ3v) is 18.4. The minimum absolute atomic E-state index is 0.0498. The van der Waals surface area contributed by atoms with Crippen molar-refractivity contribution in [2.45, 2.75) is 67.5 Å². The SMILES string of the molecule is COc1cc(C(CC(=O)O)c2ccc(C)c(CN(C)S(=O)(=O)c3ccc(OCCOCCOCCCC(=O)CN4CCN(c5ccc(Nc6ncc(Cl)c(Nc7ccccc7S(=O)(=O)C(C)C)n6)cc5)CC4)cc3)c2)cc2nnn(C)c12. The number of hydrogen-bond acceptors (Lipinski definition) is 18. The van der Waals surface area contributed by atoms with Crippen molar-refractivity contribution in [2.24, 2.45) is 7.05 Å². The number of aryl methyl sites for hydroxylation is 2. The van der Waals surface area contributed by atoms with Gasteiger partial charge in [-0.1, -0.05) is 47.1 Å². The summed E-state index contributed by atoms with van der Waals surface area (Å²) in [5.41, 5.74) is 6.40. The number of anilines is 5. The molecule has 0 saturated carbocycles. The first-order valence-electron chi connectivity index (χ1n) is 26.8. The molecule has 436 valence electrons. The number of carboxylic acids is 1. The first-order chi connectivity index (χ1) is 39.3. The molecule has 0 spiro atoms. The van der Waals surface area contributed by atoms with Gasteiger partial charge in [0.25, 0.3) is 0 Å². The average Bonchev–Trinajstić information content (AvgIpc) is 3.91. The van der Waals surface area contributed by atoms with Gasteiger partial charge in [-0.05, 0) is 122 Å². The van der Waals surface area contributed by atoms with E-state index in [1.165, 1.54) is 36.8 Å². The Labute approximate surface area is 483 Å². The molecule has 1 atom stereocenters. The number of carbonyl (C=O) groups excluding carboxylic acids is 1. The zero-order valence-corrected chi connectivity index (χ0v) is 49.1. The third kappa shape index (κ3) is 15.4. The number of aliphatic carboxylic acids is 1. The molecule has 24 heteroatoms. The molecule has 2 aromatic heterocycles. The van der Waals surface area contributed by atoms with E-state index in [2.05, 4.69) is 40.7 Å². The summed E-state index contributed by atoms with van der Waals surface area (Å²) in [6, 6.07) is 29.9. The lowest BCUT2D eigenvalue weighted by atomic mass is 9.86. The molecule has 3 N–H and O–H groups in total. The van der Waals surface area contributed by atoms with Crippen molar-refractivity contribution < 1.29 is 50.5 Å². The largest absolute Gasteiger partial charge is 0.494 e. The minimum Gasteiger partial charge on any atom is -0.494 e. The van der Waals surface area contributed by atoms with Crippen LogP contribution in [0, 0.1) is 6.92 Å². The number of piperazine rings is 1. The normalized spacial score (nSPS) is 13.6. The van der Waals surface area contributed by atoms with Gasteiger partial charge in [0.05, 0.1) is 66.8 Å². The fraction of sp³-hybridized carbons (Fsp3) is 0.379. The van der Waals surface area contributed by atoms with Gasteiger partial charge in [0, 0.05) is 77.1 Å². The molecule has 1 saturated heterocycles. The lowest BCUT2D eigenvalue weighted by Crippen LogP contribution is -2.48. The number of ketones is 1. The van der Waals surface area contributed by atoms with Crippen molar-refractivity contribution in [1.82, 2.24) is 34.2 Å². The van der Waals surface area contributed by atoms with Crippen molar-refractivity contribution in [3.8, 4) is 11.5 Å². The summed E-state index contributed by atoms with van der Waals surface area (Å²) in [5, 5.41) is 24.1. The zero-order chi connectivity index (χ0) is 58.6. The van der Waals surface area contributed by atoms with E-state index in [9.17, 15) is 31.5 Å². The van der Waals surface area contributed by atoms with Crippen LogP contribution in [0.2, 0.25) is 5.02 Å². The summed E-state index contributed by atoms with van der Waals surface area (Å²) < 4.78 is 79.1. The van der Waals surface area contributed by atoms with Crippen LogP contribution in [0.3, 0.4) is 0 Å². The van der Waals surface area contributed by atoms with Gasteiger partial charge in [-0.3, -0.25) is 14.5 Å². The molecule has 8 rings (SSSR count). The van der Waals surface area contributed by atoms with Gasteiger partial charge in [0.2, 0.25) is 16.0 Å². The summed E-state index contributed by atoms with van der Waals surface area (Å²) in [7, 11) is -2.69. The van der Waals surface area contributed by atoms with Crippen LogP contribution in [0.25, 0.3) is 11.0 Å². The van der Waals surface area contributed by atoms with E-state index in [0.717, 1.165) is 48.7 Å². The summed E-state index contributed by atoms with van der Waals surface area (Å²) in [4.78, 5) is 38.5. The highest BCUT2D eigenvalue weighted by atomic mass is 35.5. The van der Waals surface area contributed by atoms with Crippen molar-refractivity contribution >= 4 is 83.1 Å². The van der Waals surface area contributed by atoms with Gasteiger partial charge in [0.1, 0.15) is 39.9 Å². The van der Waals surface area contributed by atoms with Crippen molar-refractivity contribution in [2.75, 3.05) is 95.4 Å². The highest BCUT2D eigenvalue weighted by Gasteiger charge is 2.27. The Hall–Kier alpha value is -7.25. The summed E-state index contributed by atoms with van der Waals surface area (Å²) in [6.45, 7) is 10.3. The number of ether oxygens (including phenoxy) is 4. The van der Waals surface area contributed by atoms with Crippen molar-refractivity contribution in [1.29, 1.82) is 0 Å². The Kier molecular flexibility index (Phi) is 20.5. The molecule has 1 aliphatic heterocycles. The number of aromatic nitrogens is 5. The first kappa shape index (κ1) is 60.8. The summed E-state index contributed by atoms with van der Waals surface area (Å²) in [5.74, 6) is 0.154. The standard InChI is InChI=1S/C58H69ClN10O11S2/c1-39(2)81(73,74)54-12-8-7-11-51(54)62-57-50(59)36-60-58(63-57)61-44-15-17-45(18-16-44)69-25-23-68(24-26-69)38-46(70)10-9-27-78-28-29-79-30-31-80-47-19-21-48(22-20-47)82(75,76)66(4)37-43-32-41(14-13-40(43)3)49(35-55(71)72)42-33-52-56(53(34-42)77-6)67(5)65-64-52/h7-8,11-22,32-34,36,39,49H,9-10,23-31,35,37-38H2,1-6H3,(H,71,72)(H2,60,61,62,63). The van der Waals surface area contributed by atoms with Gasteiger partial charge in [0.15, 0.2) is 15.7 Å². The van der Waals surface area contributed by atoms with E-state index in [1.807, 2.05) is 55.5 Å². The van der Waals surface area contributed by atoms with E-state index < -0.39 is 37.0 Å². The summed E-state index contributed by atoms with van der Waals surface area (Å²) in [6.07, 6.45) is 2.28. The number of carbonyl (C=O) groups is 2. The number of hydrogen-bond donors (Lipinski definition) is 3. The summed E-state index contributed by atoms with van der Waals surface area (Å²) >= 11 is 6.42.